The Morgan fingerprint density at radius 2 is 1.67 bits per heavy atom. The van der Waals surface area contributed by atoms with E-state index in [-0.39, 0.29) is 5.78 Å². The van der Waals surface area contributed by atoms with Crippen LogP contribution in [-0.4, -0.2) is 10.8 Å². The normalized spacial score (nSPS) is 10.7. The SMILES string of the molecule is O=C(CCCc1ccccc1)c1cncc2ccccc12. The van der Waals surface area contributed by atoms with Gasteiger partial charge in [0.05, 0.1) is 0 Å². The number of carbonyl (C=O) groups is 1. The molecule has 0 saturated carbocycles. The van der Waals surface area contributed by atoms with Crippen LogP contribution in [-0.2, 0) is 6.42 Å². The summed E-state index contributed by atoms with van der Waals surface area (Å²) in [5.74, 6) is 0.176. The Balaban J connectivity index is 1.70. The number of fused-ring (bicyclic) bond motifs is 1. The lowest BCUT2D eigenvalue weighted by Gasteiger charge is -2.05. The summed E-state index contributed by atoms with van der Waals surface area (Å²) in [6.07, 6.45) is 5.85. The van der Waals surface area contributed by atoms with E-state index in [0.717, 1.165) is 29.2 Å². The van der Waals surface area contributed by atoms with Gasteiger partial charge in [0.25, 0.3) is 0 Å². The van der Waals surface area contributed by atoms with Crippen molar-refractivity contribution in [2.45, 2.75) is 19.3 Å². The number of ketones is 1. The van der Waals surface area contributed by atoms with Gasteiger partial charge < -0.3 is 0 Å². The van der Waals surface area contributed by atoms with Gasteiger partial charge in [0.1, 0.15) is 0 Å². The lowest BCUT2D eigenvalue weighted by molar-refractivity contribution is 0.0981. The molecule has 2 nitrogen and oxygen atoms in total. The number of hydrogen-bond donors (Lipinski definition) is 0. The summed E-state index contributed by atoms with van der Waals surface area (Å²) in [6, 6.07) is 18.2. The Hall–Kier alpha value is -2.48. The summed E-state index contributed by atoms with van der Waals surface area (Å²) in [5.41, 5.74) is 2.02. The van der Waals surface area contributed by atoms with Crippen LogP contribution in [0.3, 0.4) is 0 Å². The van der Waals surface area contributed by atoms with E-state index in [2.05, 4.69) is 17.1 Å². The Kier molecular flexibility index (Phi) is 4.06. The number of hydrogen-bond acceptors (Lipinski definition) is 2. The predicted octanol–water partition coefficient (Wildman–Crippen LogP) is 4.44. The van der Waals surface area contributed by atoms with Gasteiger partial charge >= 0.3 is 0 Å². The first-order valence-corrected chi connectivity index (χ1v) is 7.24. The summed E-state index contributed by atoms with van der Waals surface area (Å²) in [6.45, 7) is 0. The number of pyridine rings is 1. The Bertz CT molecular complexity index is 744. The molecule has 0 spiro atoms. The molecule has 3 aromatic rings. The van der Waals surface area contributed by atoms with Crippen LogP contribution in [0.4, 0.5) is 0 Å². The fraction of sp³-hybridized carbons (Fsp3) is 0.158. The molecule has 0 N–H and O–H groups in total. The van der Waals surface area contributed by atoms with E-state index in [1.165, 1.54) is 5.56 Å². The van der Waals surface area contributed by atoms with Gasteiger partial charge in [-0.15, -0.1) is 0 Å². The number of Topliss-reactive ketones (excluding diaryl/α,β-unsaturated/α-hetero) is 1. The van der Waals surface area contributed by atoms with Crippen molar-refractivity contribution in [2.75, 3.05) is 0 Å². The first-order chi connectivity index (χ1) is 10.3. The predicted molar refractivity (Wildman–Crippen MR) is 85.5 cm³/mol. The fourth-order valence-electron chi connectivity index (χ4n) is 2.57. The second-order valence-electron chi connectivity index (χ2n) is 5.17. The molecule has 0 atom stereocenters. The first kappa shape index (κ1) is 13.5. The molecule has 1 aromatic heterocycles. The van der Waals surface area contributed by atoms with Gasteiger partial charge in [0.2, 0.25) is 0 Å². The molecule has 0 amide bonds. The van der Waals surface area contributed by atoms with Crippen molar-refractivity contribution >= 4 is 16.6 Å². The summed E-state index contributed by atoms with van der Waals surface area (Å²) >= 11 is 0. The second kappa shape index (κ2) is 6.31. The zero-order valence-electron chi connectivity index (χ0n) is 11.8. The van der Waals surface area contributed by atoms with E-state index in [1.54, 1.807) is 12.4 Å². The van der Waals surface area contributed by atoms with Gasteiger partial charge in [-0.05, 0) is 23.8 Å². The molecule has 0 aliphatic rings. The molecule has 0 aliphatic heterocycles. The van der Waals surface area contributed by atoms with Crippen molar-refractivity contribution < 1.29 is 4.79 Å². The maximum absolute atomic E-state index is 12.4. The number of benzene rings is 2. The Morgan fingerprint density at radius 3 is 2.52 bits per heavy atom. The minimum Gasteiger partial charge on any atom is -0.294 e. The molecule has 21 heavy (non-hydrogen) atoms. The molecule has 0 bridgehead atoms. The highest BCUT2D eigenvalue weighted by atomic mass is 16.1. The Labute approximate surface area is 124 Å². The van der Waals surface area contributed by atoms with Crippen LogP contribution in [0.25, 0.3) is 10.8 Å². The monoisotopic (exact) mass is 275 g/mol. The van der Waals surface area contributed by atoms with E-state index in [1.807, 2.05) is 42.5 Å². The number of aromatic nitrogens is 1. The maximum atomic E-state index is 12.4. The molecule has 2 aromatic carbocycles. The highest BCUT2D eigenvalue weighted by Crippen LogP contribution is 2.19. The number of aryl methyl sites for hydroxylation is 1. The molecule has 0 saturated heterocycles. The van der Waals surface area contributed by atoms with Gasteiger partial charge in [-0.3, -0.25) is 9.78 Å². The molecule has 0 unspecified atom stereocenters. The minimum atomic E-state index is 0.176. The Morgan fingerprint density at radius 1 is 0.905 bits per heavy atom. The molecular formula is C19H17NO. The third kappa shape index (κ3) is 3.16. The molecule has 3 rings (SSSR count). The third-order valence-corrected chi connectivity index (χ3v) is 3.68. The molecule has 0 fully saturated rings. The molecule has 104 valence electrons. The van der Waals surface area contributed by atoms with Crippen LogP contribution in [0, 0.1) is 0 Å². The van der Waals surface area contributed by atoms with Crippen LogP contribution < -0.4 is 0 Å². The van der Waals surface area contributed by atoms with E-state index in [4.69, 9.17) is 0 Å². The lowest BCUT2D eigenvalue weighted by atomic mass is 10.00. The number of rotatable bonds is 5. The summed E-state index contributed by atoms with van der Waals surface area (Å²) < 4.78 is 0. The van der Waals surface area contributed by atoms with Crippen LogP contribution in [0.5, 0.6) is 0 Å². The van der Waals surface area contributed by atoms with Gasteiger partial charge in [-0.1, -0.05) is 54.6 Å². The van der Waals surface area contributed by atoms with Crippen molar-refractivity contribution in [2.24, 2.45) is 0 Å². The third-order valence-electron chi connectivity index (χ3n) is 3.68. The van der Waals surface area contributed by atoms with E-state index in [9.17, 15) is 4.79 Å². The van der Waals surface area contributed by atoms with Crippen molar-refractivity contribution in [3.8, 4) is 0 Å². The van der Waals surface area contributed by atoms with Gasteiger partial charge in [-0.2, -0.15) is 0 Å². The highest BCUT2D eigenvalue weighted by Gasteiger charge is 2.10. The molecular weight excluding hydrogens is 258 g/mol. The fourth-order valence-corrected chi connectivity index (χ4v) is 2.57. The molecule has 0 radical (unpaired) electrons. The number of carbonyl (C=O) groups excluding carboxylic acids is 1. The maximum Gasteiger partial charge on any atom is 0.165 e. The number of nitrogens with zero attached hydrogens (tertiary/aromatic N) is 1. The standard InChI is InChI=1S/C19H17NO/c21-19(12-6-9-15-7-2-1-3-8-15)18-14-20-13-16-10-4-5-11-17(16)18/h1-5,7-8,10-11,13-14H,6,9,12H2. The average molecular weight is 275 g/mol. The first-order valence-electron chi connectivity index (χ1n) is 7.24. The van der Waals surface area contributed by atoms with Gasteiger partial charge in [0, 0.05) is 29.8 Å². The van der Waals surface area contributed by atoms with Crippen molar-refractivity contribution in [1.29, 1.82) is 0 Å². The van der Waals surface area contributed by atoms with Crippen LogP contribution in [0.2, 0.25) is 0 Å². The van der Waals surface area contributed by atoms with Gasteiger partial charge in [-0.25, -0.2) is 0 Å². The summed E-state index contributed by atoms with van der Waals surface area (Å²) in [4.78, 5) is 16.6. The van der Waals surface area contributed by atoms with E-state index in [0.29, 0.717) is 6.42 Å². The summed E-state index contributed by atoms with van der Waals surface area (Å²) in [7, 11) is 0. The largest absolute Gasteiger partial charge is 0.294 e. The molecule has 0 aliphatic carbocycles. The van der Waals surface area contributed by atoms with Crippen molar-refractivity contribution in [3.63, 3.8) is 0 Å². The van der Waals surface area contributed by atoms with Crippen LogP contribution >= 0.6 is 0 Å². The molecule has 2 heteroatoms. The second-order valence-corrected chi connectivity index (χ2v) is 5.17. The minimum absolute atomic E-state index is 0.176. The van der Waals surface area contributed by atoms with E-state index >= 15 is 0 Å². The zero-order chi connectivity index (χ0) is 14.5. The van der Waals surface area contributed by atoms with Crippen LogP contribution in [0.1, 0.15) is 28.8 Å². The van der Waals surface area contributed by atoms with Crippen molar-refractivity contribution in [3.05, 3.63) is 78.1 Å². The summed E-state index contributed by atoms with van der Waals surface area (Å²) in [5, 5.41) is 2.02. The lowest BCUT2D eigenvalue weighted by Crippen LogP contribution is -2.01. The van der Waals surface area contributed by atoms with E-state index < -0.39 is 0 Å². The smallest absolute Gasteiger partial charge is 0.165 e. The quantitative estimate of drug-likeness (QED) is 0.644. The zero-order valence-corrected chi connectivity index (χ0v) is 11.8. The molecule has 1 heterocycles. The van der Waals surface area contributed by atoms with Gasteiger partial charge in [0.15, 0.2) is 5.78 Å². The highest BCUT2D eigenvalue weighted by molar-refractivity contribution is 6.07. The van der Waals surface area contributed by atoms with Crippen molar-refractivity contribution in [1.82, 2.24) is 4.98 Å². The van der Waals surface area contributed by atoms with Crippen LogP contribution in [0.15, 0.2) is 67.0 Å². The topological polar surface area (TPSA) is 30.0 Å². The average Bonchev–Trinajstić information content (AvgIpc) is 2.55.